The van der Waals surface area contributed by atoms with Crippen LogP contribution in [0.2, 0.25) is 0 Å². The van der Waals surface area contributed by atoms with Crippen molar-refractivity contribution in [3.05, 3.63) is 47.0 Å². The zero-order chi connectivity index (χ0) is 17.6. The second-order valence-electron chi connectivity index (χ2n) is 6.76. The van der Waals surface area contributed by atoms with Gasteiger partial charge < -0.3 is 15.2 Å². The van der Waals surface area contributed by atoms with E-state index in [-0.39, 0.29) is 24.0 Å². The van der Waals surface area contributed by atoms with E-state index in [0.29, 0.717) is 12.5 Å². The largest absolute Gasteiger partial charge is 0.356 e. The molecule has 0 spiro atoms. The van der Waals surface area contributed by atoms with Crippen LogP contribution in [0.3, 0.4) is 0 Å². The smallest absolute Gasteiger partial charge is 0.191 e. The molecule has 0 fully saturated rings. The van der Waals surface area contributed by atoms with Gasteiger partial charge in [-0.25, -0.2) is 0 Å². The first kappa shape index (κ1) is 20.7. The minimum Gasteiger partial charge on any atom is -0.356 e. The van der Waals surface area contributed by atoms with Crippen LogP contribution < -0.4 is 10.6 Å². The highest BCUT2D eigenvalue weighted by Crippen LogP contribution is 2.15. The van der Waals surface area contributed by atoms with Crippen molar-refractivity contribution in [1.82, 2.24) is 25.4 Å². The predicted molar refractivity (Wildman–Crippen MR) is 116 cm³/mol. The summed E-state index contributed by atoms with van der Waals surface area (Å²) < 4.78 is 2.23. The number of rotatable bonds is 5. The molecule has 0 amide bonds. The zero-order valence-corrected chi connectivity index (χ0v) is 18.2. The molecule has 1 aliphatic heterocycles. The molecule has 1 aromatic heterocycles. The molecule has 2 heterocycles. The molecule has 1 aromatic carbocycles. The number of hydrogen-bond acceptors (Lipinski definition) is 3. The van der Waals surface area contributed by atoms with Crippen molar-refractivity contribution >= 4 is 29.9 Å². The summed E-state index contributed by atoms with van der Waals surface area (Å²) in [6.07, 6.45) is 3.46. The highest BCUT2D eigenvalue weighted by Gasteiger charge is 2.15. The van der Waals surface area contributed by atoms with E-state index in [0.717, 1.165) is 37.1 Å². The fraction of sp³-hybridized carbons (Fsp3) is 0.526. The Morgan fingerprint density at radius 3 is 2.69 bits per heavy atom. The Balaban J connectivity index is 0.00000243. The summed E-state index contributed by atoms with van der Waals surface area (Å²) in [4.78, 5) is 4.32. The van der Waals surface area contributed by atoms with Crippen molar-refractivity contribution in [3.63, 3.8) is 0 Å². The van der Waals surface area contributed by atoms with Crippen LogP contribution in [0.1, 0.15) is 48.5 Å². The molecule has 142 valence electrons. The maximum absolute atomic E-state index is 4.32. The molecule has 0 radical (unpaired) electrons. The maximum atomic E-state index is 4.32. The molecule has 1 atom stereocenters. The van der Waals surface area contributed by atoms with Crippen molar-refractivity contribution < 1.29 is 0 Å². The second kappa shape index (κ2) is 9.89. The Morgan fingerprint density at radius 2 is 1.96 bits per heavy atom. The number of guanidine groups is 1. The Labute approximate surface area is 172 Å². The van der Waals surface area contributed by atoms with Crippen LogP contribution in [-0.2, 0) is 19.5 Å². The molecular weight excluding hydrogens is 439 g/mol. The van der Waals surface area contributed by atoms with E-state index < -0.39 is 0 Å². The van der Waals surface area contributed by atoms with Crippen LogP contribution in [-0.4, -0.2) is 34.3 Å². The first-order valence-corrected chi connectivity index (χ1v) is 9.09. The molecular formula is C19H29IN6. The topological polar surface area (TPSA) is 67.1 Å². The number of nitrogens with one attached hydrogen (secondary N) is 2. The summed E-state index contributed by atoms with van der Waals surface area (Å²) in [5.41, 5.74) is 2.62. The number of nitrogens with zero attached hydrogens (tertiary/aromatic N) is 4. The third-order valence-corrected chi connectivity index (χ3v) is 4.80. The number of hydrogen-bond donors (Lipinski definition) is 2. The average Bonchev–Trinajstić information content (AvgIpc) is 3.05. The Hall–Kier alpha value is -1.64. The van der Waals surface area contributed by atoms with Crippen LogP contribution in [0, 0.1) is 6.92 Å². The quantitative estimate of drug-likeness (QED) is 0.402. The van der Waals surface area contributed by atoms with Gasteiger partial charge in [0.05, 0.1) is 6.54 Å². The van der Waals surface area contributed by atoms with Gasteiger partial charge in [-0.2, -0.15) is 0 Å². The standard InChI is InChI=1S/C19H28N6.HI/c1-14-7-9-16(10-8-14)15(2)12-21-19(20-3)22-13-18-24-23-17-6-4-5-11-25(17)18;/h7-10,15H,4-6,11-13H2,1-3H3,(H2,20,21,22);1H. The molecule has 0 aliphatic carbocycles. The molecule has 2 N–H and O–H groups in total. The lowest BCUT2D eigenvalue weighted by Gasteiger charge is -2.18. The van der Waals surface area contributed by atoms with E-state index in [2.05, 4.69) is 68.5 Å². The molecule has 7 heteroatoms. The van der Waals surface area contributed by atoms with Crippen LogP contribution in [0.5, 0.6) is 0 Å². The maximum Gasteiger partial charge on any atom is 0.191 e. The molecule has 1 aliphatic rings. The summed E-state index contributed by atoms with van der Waals surface area (Å²) >= 11 is 0. The highest BCUT2D eigenvalue weighted by molar-refractivity contribution is 14.0. The first-order valence-electron chi connectivity index (χ1n) is 9.09. The third-order valence-electron chi connectivity index (χ3n) is 4.80. The highest BCUT2D eigenvalue weighted by atomic mass is 127. The summed E-state index contributed by atoms with van der Waals surface area (Å²) in [6.45, 7) is 6.84. The average molecular weight is 468 g/mol. The van der Waals surface area contributed by atoms with E-state index in [1.165, 1.54) is 24.0 Å². The minimum atomic E-state index is 0. The van der Waals surface area contributed by atoms with E-state index in [1.807, 2.05) is 0 Å². The number of benzene rings is 1. The summed E-state index contributed by atoms with van der Waals surface area (Å²) in [5.74, 6) is 3.32. The predicted octanol–water partition coefficient (Wildman–Crippen LogP) is 3.01. The van der Waals surface area contributed by atoms with Crippen molar-refractivity contribution in [1.29, 1.82) is 0 Å². The van der Waals surface area contributed by atoms with Gasteiger partial charge in [-0.15, -0.1) is 34.2 Å². The fourth-order valence-electron chi connectivity index (χ4n) is 3.15. The van der Waals surface area contributed by atoms with E-state index >= 15 is 0 Å². The lowest BCUT2D eigenvalue weighted by molar-refractivity contribution is 0.504. The Morgan fingerprint density at radius 1 is 1.19 bits per heavy atom. The molecule has 3 rings (SSSR count). The van der Waals surface area contributed by atoms with Gasteiger partial charge in [0.2, 0.25) is 0 Å². The van der Waals surface area contributed by atoms with Gasteiger partial charge >= 0.3 is 0 Å². The zero-order valence-electron chi connectivity index (χ0n) is 15.8. The lowest BCUT2D eigenvalue weighted by Crippen LogP contribution is -2.39. The van der Waals surface area contributed by atoms with Crippen LogP contribution in [0.25, 0.3) is 0 Å². The van der Waals surface area contributed by atoms with Crippen molar-refractivity contribution in [2.75, 3.05) is 13.6 Å². The number of halogens is 1. The molecule has 6 nitrogen and oxygen atoms in total. The number of aliphatic imine (C=N–C) groups is 1. The molecule has 1 unspecified atom stereocenters. The number of aromatic nitrogens is 3. The van der Waals surface area contributed by atoms with E-state index in [4.69, 9.17) is 0 Å². The molecule has 2 aromatic rings. The third kappa shape index (κ3) is 5.18. The summed E-state index contributed by atoms with van der Waals surface area (Å²) in [5, 5.41) is 15.4. The van der Waals surface area contributed by atoms with Crippen molar-refractivity contribution in [2.45, 2.75) is 52.1 Å². The summed E-state index contributed by atoms with van der Waals surface area (Å²) in [7, 11) is 1.80. The minimum absolute atomic E-state index is 0. The number of aryl methyl sites for hydroxylation is 2. The molecule has 0 saturated heterocycles. The van der Waals surface area contributed by atoms with Gasteiger partial charge in [-0.1, -0.05) is 36.8 Å². The van der Waals surface area contributed by atoms with Gasteiger partial charge in [0.1, 0.15) is 5.82 Å². The summed E-state index contributed by atoms with van der Waals surface area (Å²) in [6, 6.07) is 8.71. The van der Waals surface area contributed by atoms with Crippen molar-refractivity contribution in [2.24, 2.45) is 4.99 Å². The fourth-order valence-corrected chi connectivity index (χ4v) is 3.15. The Kier molecular flexibility index (Phi) is 7.86. The van der Waals surface area contributed by atoms with Crippen LogP contribution in [0.4, 0.5) is 0 Å². The monoisotopic (exact) mass is 468 g/mol. The van der Waals surface area contributed by atoms with E-state index in [9.17, 15) is 0 Å². The van der Waals surface area contributed by atoms with Gasteiger partial charge in [0, 0.05) is 26.6 Å². The second-order valence-corrected chi connectivity index (χ2v) is 6.76. The number of fused-ring (bicyclic) bond motifs is 1. The van der Waals surface area contributed by atoms with Gasteiger partial charge in [0.15, 0.2) is 11.8 Å². The molecule has 0 saturated carbocycles. The van der Waals surface area contributed by atoms with Gasteiger partial charge in [-0.05, 0) is 31.2 Å². The SMILES string of the molecule is CN=C(NCc1nnc2n1CCCC2)NCC(C)c1ccc(C)cc1.I. The normalized spacial score (nSPS) is 15.0. The van der Waals surface area contributed by atoms with Crippen molar-refractivity contribution in [3.8, 4) is 0 Å². The first-order chi connectivity index (χ1) is 12.2. The van der Waals surface area contributed by atoms with Crippen LogP contribution >= 0.6 is 24.0 Å². The van der Waals surface area contributed by atoms with E-state index in [1.54, 1.807) is 7.05 Å². The molecule has 26 heavy (non-hydrogen) atoms. The van der Waals surface area contributed by atoms with Gasteiger partial charge in [0.25, 0.3) is 0 Å². The molecule has 0 bridgehead atoms. The van der Waals surface area contributed by atoms with Crippen LogP contribution in [0.15, 0.2) is 29.3 Å². The Bertz CT molecular complexity index is 722. The lowest BCUT2D eigenvalue weighted by atomic mass is 10.0. The van der Waals surface area contributed by atoms with Gasteiger partial charge in [-0.3, -0.25) is 4.99 Å².